The summed E-state index contributed by atoms with van der Waals surface area (Å²) in [6, 6.07) is 2.27. The van der Waals surface area contributed by atoms with Gasteiger partial charge in [0.05, 0.1) is 12.0 Å². The van der Waals surface area contributed by atoms with Crippen LogP contribution in [-0.2, 0) is 0 Å². The first-order valence-electron chi connectivity index (χ1n) is 3.35. The van der Waals surface area contributed by atoms with Crippen LogP contribution in [0.15, 0.2) is 0 Å². The monoisotopic (exact) mass is 137 g/mol. The molecule has 0 aromatic rings. The highest BCUT2D eigenvalue weighted by Crippen LogP contribution is 2.16. The molecule has 0 aliphatic carbocycles. The number of nitrogens with one attached hydrogen (secondary N) is 1. The second-order valence-electron chi connectivity index (χ2n) is 2.75. The molecule has 1 saturated heterocycles. The van der Waals surface area contributed by atoms with Gasteiger partial charge in [-0.3, -0.25) is 4.90 Å². The summed E-state index contributed by atoms with van der Waals surface area (Å²) >= 11 is 0. The van der Waals surface area contributed by atoms with E-state index in [1.807, 2.05) is 18.9 Å². The first-order chi connectivity index (χ1) is 4.66. The minimum Gasteiger partial charge on any atom is -0.307 e. The van der Waals surface area contributed by atoms with Gasteiger partial charge in [-0.15, -0.1) is 0 Å². The van der Waals surface area contributed by atoms with Crippen molar-refractivity contribution in [3.8, 4) is 6.07 Å². The highest BCUT2D eigenvalue weighted by Gasteiger charge is 2.31. The minimum absolute atomic E-state index is 0.157. The molecule has 1 N–H and O–H groups in total. The van der Waals surface area contributed by atoms with Gasteiger partial charge in [0.2, 0.25) is 0 Å². The van der Waals surface area contributed by atoms with Crippen LogP contribution in [-0.4, -0.2) is 30.2 Å². The van der Waals surface area contributed by atoms with Crippen molar-refractivity contribution in [2.75, 3.05) is 13.6 Å². The Morgan fingerprint density at radius 2 is 2.40 bits per heavy atom. The molecule has 3 heteroatoms. The number of nitrogens with zero attached hydrogens (tertiary/aromatic N) is 2. The lowest BCUT2D eigenvalue weighted by Crippen LogP contribution is -2.25. The zero-order valence-corrected chi connectivity index (χ0v) is 6.26. The van der Waals surface area contributed by atoms with Crippen LogP contribution in [0.4, 0.5) is 0 Å². The van der Waals surface area contributed by atoms with Gasteiger partial charge in [-0.2, -0.15) is 5.26 Å². The average molecular weight is 137 g/mol. The van der Waals surface area contributed by atoms with Crippen molar-refractivity contribution in [3.05, 3.63) is 0 Å². The third-order valence-corrected chi connectivity index (χ3v) is 2.11. The molecule has 0 saturated carbocycles. The van der Waals surface area contributed by atoms with E-state index in [2.05, 4.69) is 6.07 Å². The van der Waals surface area contributed by atoms with E-state index in [0.29, 0.717) is 5.71 Å². The molecule has 1 rings (SSSR count). The van der Waals surface area contributed by atoms with Crippen LogP contribution in [0.3, 0.4) is 0 Å². The summed E-state index contributed by atoms with van der Waals surface area (Å²) in [6.07, 6.45) is 0. The van der Waals surface area contributed by atoms with Gasteiger partial charge in [0.25, 0.3) is 0 Å². The number of hydrogen-bond acceptors (Lipinski definition) is 3. The first kappa shape index (κ1) is 7.23. The Balaban J connectivity index is 2.73. The lowest BCUT2D eigenvalue weighted by Gasteiger charge is -2.11. The zero-order valence-electron chi connectivity index (χ0n) is 6.26. The van der Waals surface area contributed by atoms with Crippen molar-refractivity contribution >= 4 is 5.71 Å². The van der Waals surface area contributed by atoms with E-state index in [9.17, 15) is 0 Å². The molecule has 54 valence electrons. The van der Waals surface area contributed by atoms with Gasteiger partial charge in [-0.1, -0.05) is 0 Å². The number of rotatable bonds is 0. The molecule has 0 aromatic heterocycles. The molecule has 0 bridgehead atoms. The highest BCUT2D eigenvalue weighted by molar-refractivity contribution is 5.92. The third kappa shape index (κ3) is 0.910. The summed E-state index contributed by atoms with van der Waals surface area (Å²) < 4.78 is 0. The summed E-state index contributed by atoms with van der Waals surface area (Å²) in [7, 11) is 1.94. The molecule has 0 amide bonds. The van der Waals surface area contributed by atoms with Crippen LogP contribution >= 0.6 is 0 Å². The van der Waals surface area contributed by atoms with E-state index in [4.69, 9.17) is 10.7 Å². The lowest BCUT2D eigenvalue weighted by atomic mass is 10.1. The van der Waals surface area contributed by atoms with Gasteiger partial charge in [-0.25, -0.2) is 0 Å². The topological polar surface area (TPSA) is 50.9 Å². The maximum atomic E-state index is 8.55. The third-order valence-electron chi connectivity index (χ3n) is 2.11. The Morgan fingerprint density at radius 3 is 2.60 bits per heavy atom. The number of likely N-dealkylation sites (tertiary alicyclic amines) is 1. The molecule has 1 heterocycles. The average Bonchev–Trinajstić information content (AvgIpc) is 2.17. The number of nitriles is 1. The van der Waals surface area contributed by atoms with Crippen LogP contribution in [0, 0.1) is 22.7 Å². The van der Waals surface area contributed by atoms with Gasteiger partial charge >= 0.3 is 0 Å². The van der Waals surface area contributed by atoms with E-state index in [1.54, 1.807) is 0 Å². The Bertz CT molecular complexity index is 192. The maximum absolute atomic E-state index is 8.55. The van der Waals surface area contributed by atoms with Crippen molar-refractivity contribution in [1.82, 2.24) is 4.90 Å². The van der Waals surface area contributed by atoms with Crippen LogP contribution < -0.4 is 0 Å². The summed E-state index contributed by atoms with van der Waals surface area (Å²) in [5.41, 5.74) is 0.560. The van der Waals surface area contributed by atoms with E-state index in [1.165, 1.54) is 0 Å². The molecule has 1 fully saturated rings. The molecule has 2 atom stereocenters. The van der Waals surface area contributed by atoms with E-state index < -0.39 is 0 Å². The Kier molecular flexibility index (Phi) is 1.73. The highest BCUT2D eigenvalue weighted by atomic mass is 15.2. The molecule has 0 spiro atoms. The predicted molar refractivity (Wildman–Crippen MR) is 38.9 cm³/mol. The van der Waals surface area contributed by atoms with Gasteiger partial charge in [0.1, 0.15) is 0 Å². The van der Waals surface area contributed by atoms with Crippen LogP contribution in [0.2, 0.25) is 0 Å². The van der Waals surface area contributed by atoms with Crippen LogP contribution in [0.1, 0.15) is 6.92 Å². The molecular formula is C7H11N3. The SMILES string of the molecule is C[C@@H]1C(=N)C(C#N)CN1C. The summed E-state index contributed by atoms with van der Waals surface area (Å²) in [4.78, 5) is 2.02. The number of hydrogen-bond donors (Lipinski definition) is 1. The van der Waals surface area contributed by atoms with E-state index >= 15 is 0 Å². The molecule has 0 radical (unpaired) electrons. The standard InChI is InChI=1S/C7H11N3/c1-5-7(9)6(3-8)4-10(5)2/h5-6,9H,4H2,1-2H3/t5-,6?/m1/s1. The quantitative estimate of drug-likeness (QED) is 0.528. The Labute approximate surface area is 60.8 Å². The zero-order chi connectivity index (χ0) is 7.72. The first-order valence-corrected chi connectivity index (χ1v) is 3.35. The van der Waals surface area contributed by atoms with E-state index in [0.717, 1.165) is 6.54 Å². The van der Waals surface area contributed by atoms with Gasteiger partial charge in [0.15, 0.2) is 0 Å². The fraction of sp³-hybridized carbons (Fsp3) is 0.714. The summed E-state index contributed by atoms with van der Waals surface area (Å²) in [5.74, 6) is -0.167. The van der Waals surface area contributed by atoms with Gasteiger partial charge in [0, 0.05) is 18.3 Å². The van der Waals surface area contributed by atoms with Crippen LogP contribution in [0.25, 0.3) is 0 Å². The Hall–Kier alpha value is -0.880. The fourth-order valence-electron chi connectivity index (χ4n) is 1.18. The van der Waals surface area contributed by atoms with Crippen molar-refractivity contribution in [1.29, 1.82) is 10.7 Å². The van der Waals surface area contributed by atoms with Gasteiger partial charge in [-0.05, 0) is 14.0 Å². The van der Waals surface area contributed by atoms with Crippen molar-refractivity contribution in [3.63, 3.8) is 0 Å². The lowest BCUT2D eigenvalue weighted by molar-refractivity contribution is 0.347. The second kappa shape index (κ2) is 2.39. The molecule has 10 heavy (non-hydrogen) atoms. The summed E-state index contributed by atoms with van der Waals surface area (Å²) in [5, 5.41) is 16.0. The summed E-state index contributed by atoms with van der Waals surface area (Å²) in [6.45, 7) is 2.68. The molecular weight excluding hydrogens is 126 g/mol. The minimum atomic E-state index is -0.167. The van der Waals surface area contributed by atoms with Crippen LogP contribution in [0.5, 0.6) is 0 Å². The maximum Gasteiger partial charge on any atom is 0.0981 e. The molecule has 1 aliphatic rings. The predicted octanol–water partition coefficient (Wildman–Crippen LogP) is 0.480. The van der Waals surface area contributed by atoms with Crippen molar-refractivity contribution < 1.29 is 0 Å². The molecule has 1 unspecified atom stereocenters. The van der Waals surface area contributed by atoms with Crippen molar-refractivity contribution in [2.24, 2.45) is 5.92 Å². The molecule has 0 aromatic carbocycles. The normalized spacial score (nSPS) is 34.3. The fourth-order valence-corrected chi connectivity index (χ4v) is 1.18. The molecule has 3 nitrogen and oxygen atoms in total. The van der Waals surface area contributed by atoms with Crippen molar-refractivity contribution in [2.45, 2.75) is 13.0 Å². The molecule has 1 aliphatic heterocycles. The smallest absolute Gasteiger partial charge is 0.0981 e. The Morgan fingerprint density at radius 1 is 1.80 bits per heavy atom. The largest absolute Gasteiger partial charge is 0.307 e. The van der Waals surface area contributed by atoms with Gasteiger partial charge < -0.3 is 5.41 Å². The van der Waals surface area contributed by atoms with E-state index in [-0.39, 0.29) is 12.0 Å². The second-order valence-corrected chi connectivity index (χ2v) is 2.75.